The molecule has 3 rings (SSSR count). The lowest BCUT2D eigenvalue weighted by Gasteiger charge is -2.34. The Balaban J connectivity index is 1.48. The Bertz CT molecular complexity index is 844. The van der Waals surface area contributed by atoms with Gasteiger partial charge >= 0.3 is 0 Å². The third-order valence-electron chi connectivity index (χ3n) is 4.87. The van der Waals surface area contributed by atoms with Gasteiger partial charge in [-0.2, -0.15) is 5.26 Å². The van der Waals surface area contributed by atoms with Crippen LogP contribution in [0.2, 0.25) is 0 Å². The van der Waals surface area contributed by atoms with Crippen molar-refractivity contribution in [2.24, 2.45) is 5.92 Å². The molecule has 1 aliphatic rings. The molecule has 0 bridgehead atoms. The summed E-state index contributed by atoms with van der Waals surface area (Å²) < 4.78 is 18.2. The van der Waals surface area contributed by atoms with E-state index in [9.17, 15) is 24.7 Å². The van der Waals surface area contributed by atoms with E-state index in [1.165, 1.54) is 24.6 Å². The van der Waals surface area contributed by atoms with Crippen LogP contribution in [0.15, 0.2) is 35.1 Å². The maximum Gasteiger partial charge on any atom is 0.252 e. The summed E-state index contributed by atoms with van der Waals surface area (Å²) in [4.78, 5) is 17.8. The Kier molecular flexibility index (Phi) is 6.23. The van der Waals surface area contributed by atoms with Gasteiger partial charge in [0.25, 0.3) is 5.91 Å². The lowest BCUT2D eigenvalue weighted by Crippen LogP contribution is -2.43. The first-order chi connectivity index (χ1) is 13.5. The van der Waals surface area contributed by atoms with Crippen LogP contribution in [0.3, 0.4) is 0 Å². The van der Waals surface area contributed by atoms with E-state index >= 15 is 0 Å². The summed E-state index contributed by atoms with van der Waals surface area (Å²) in [5.41, 5.74) is 1.01. The summed E-state index contributed by atoms with van der Waals surface area (Å²) in [6.07, 6.45) is 0.892. The monoisotopic (exact) mass is 388 g/mol. The molecule has 0 aliphatic carbocycles. The van der Waals surface area contributed by atoms with Gasteiger partial charge in [-0.05, 0) is 37.0 Å². The van der Waals surface area contributed by atoms with Crippen LogP contribution in [0.1, 0.15) is 30.4 Å². The molecule has 1 aromatic heterocycles. The molecule has 3 N–H and O–H groups in total. The zero-order valence-electron chi connectivity index (χ0n) is 15.1. The van der Waals surface area contributed by atoms with E-state index in [1.54, 1.807) is 6.07 Å². The molecule has 148 valence electrons. The molecule has 1 aliphatic heterocycles. The Labute approximate surface area is 161 Å². The number of aromatic nitrogens is 1. The first kappa shape index (κ1) is 19.8. The fourth-order valence-corrected chi connectivity index (χ4v) is 3.26. The number of carbonyl (C=O) groups is 1. The fraction of sp³-hybridized carbons (Fsp3) is 0.421. The lowest BCUT2D eigenvalue weighted by atomic mass is 9.95. The smallest absolute Gasteiger partial charge is 0.252 e. The van der Waals surface area contributed by atoms with E-state index < -0.39 is 23.9 Å². The van der Waals surface area contributed by atoms with Crippen molar-refractivity contribution in [3.63, 3.8) is 0 Å². The van der Waals surface area contributed by atoms with Gasteiger partial charge in [0, 0.05) is 19.6 Å². The molecule has 0 spiro atoms. The zero-order valence-corrected chi connectivity index (χ0v) is 15.1. The molecule has 28 heavy (non-hydrogen) atoms. The normalized spacial score (nSPS) is 17.0. The van der Waals surface area contributed by atoms with Gasteiger partial charge in [-0.1, -0.05) is 0 Å². The highest BCUT2D eigenvalue weighted by atomic mass is 19.1. The van der Waals surface area contributed by atoms with E-state index in [0.29, 0.717) is 30.9 Å². The van der Waals surface area contributed by atoms with E-state index in [1.807, 2.05) is 11.0 Å². The number of nitriles is 1. The van der Waals surface area contributed by atoms with Gasteiger partial charge in [-0.3, -0.25) is 4.79 Å². The van der Waals surface area contributed by atoms with Gasteiger partial charge in [0.1, 0.15) is 18.1 Å². The van der Waals surface area contributed by atoms with E-state index in [-0.39, 0.29) is 11.8 Å². The number of nitrogens with one attached hydrogen (secondary N) is 1. The van der Waals surface area contributed by atoms with Crippen molar-refractivity contribution in [3.05, 3.63) is 47.9 Å². The number of oxazole rings is 1. The maximum absolute atomic E-state index is 13.3. The summed E-state index contributed by atoms with van der Waals surface area (Å²) in [6.45, 7) is 1.70. The fourth-order valence-electron chi connectivity index (χ4n) is 3.26. The maximum atomic E-state index is 13.3. The Morgan fingerprint density at radius 1 is 1.43 bits per heavy atom. The second-order valence-corrected chi connectivity index (χ2v) is 6.71. The van der Waals surface area contributed by atoms with Crippen LogP contribution in [-0.4, -0.2) is 46.8 Å². The second kappa shape index (κ2) is 8.82. The molecular weight excluding hydrogens is 367 g/mol. The molecule has 0 radical (unpaired) electrons. The third kappa shape index (κ3) is 4.47. The van der Waals surface area contributed by atoms with Crippen LogP contribution in [0.4, 0.5) is 10.1 Å². The number of rotatable bonds is 6. The van der Waals surface area contributed by atoms with Crippen molar-refractivity contribution in [2.75, 3.05) is 24.5 Å². The van der Waals surface area contributed by atoms with Crippen molar-refractivity contribution >= 4 is 11.6 Å². The summed E-state index contributed by atoms with van der Waals surface area (Å²) in [5, 5.41) is 31.6. The number of hydrogen-bond donors (Lipinski definition) is 3. The van der Waals surface area contributed by atoms with Crippen LogP contribution in [0.25, 0.3) is 0 Å². The highest BCUT2D eigenvalue weighted by molar-refractivity contribution is 5.81. The second-order valence-electron chi connectivity index (χ2n) is 6.71. The van der Waals surface area contributed by atoms with Gasteiger partial charge in [0.05, 0.1) is 17.4 Å². The van der Waals surface area contributed by atoms with Gasteiger partial charge in [0.2, 0.25) is 5.89 Å². The van der Waals surface area contributed by atoms with E-state index in [4.69, 9.17) is 4.42 Å². The summed E-state index contributed by atoms with van der Waals surface area (Å²) in [6, 6.07) is 6.18. The number of aliphatic hydroxyl groups is 2. The average molecular weight is 388 g/mol. The first-order valence-corrected chi connectivity index (χ1v) is 8.97. The number of nitrogens with zero attached hydrogens (tertiary/aromatic N) is 3. The number of amides is 1. The molecule has 8 nitrogen and oxygen atoms in total. The van der Waals surface area contributed by atoms with Gasteiger partial charge in [-0.15, -0.1) is 0 Å². The Morgan fingerprint density at radius 3 is 2.82 bits per heavy atom. The Hall–Kier alpha value is -2.96. The molecule has 1 saturated heterocycles. The SMILES string of the molecule is N#Cc1cc(F)ccc1N1CCC(CNC(=O)[C@H](O)[C@@H](O)c2ncco2)CC1. The molecule has 1 fully saturated rings. The van der Waals surface area contributed by atoms with Gasteiger partial charge < -0.3 is 24.8 Å². The zero-order chi connectivity index (χ0) is 20.1. The van der Waals surface area contributed by atoms with Gasteiger partial charge in [-0.25, -0.2) is 9.37 Å². The molecule has 2 aromatic rings. The van der Waals surface area contributed by atoms with Crippen molar-refractivity contribution < 1.29 is 23.8 Å². The minimum absolute atomic E-state index is 0.122. The van der Waals surface area contributed by atoms with Crippen molar-refractivity contribution in [1.29, 1.82) is 5.26 Å². The number of aliphatic hydroxyl groups excluding tert-OH is 2. The molecule has 2 heterocycles. The van der Waals surface area contributed by atoms with Crippen LogP contribution in [-0.2, 0) is 4.79 Å². The third-order valence-corrected chi connectivity index (χ3v) is 4.87. The van der Waals surface area contributed by atoms with Crippen LogP contribution in [0.5, 0.6) is 0 Å². The summed E-state index contributed by atoms with van der Waals surface area (Å²) in [5.74, 6) is -1.07. The number of carbonyl (C=O) groups excluding carboxylic acids is 1. The van der Waals surface area contributed by atoms with Crippen LogP contribution < -0.4 is 10.2 Å². The first-order valence-electron chi connectivity index (χ1n) is 8.97. The lowest BCUT2D eigenvalue weighted by molar-refractivity contribution is -0.136. The highest BCUT2D eigenvalue weighted by Crippen LogP contribution is 2.26. The molecule has 9 heteroatoms. The molecule has 2 atom stereocenters. The molecular formula is C19H21FN4O4. The summed E-state index contributed by atoms with van der Waals surface area (Å²) in [7, 11) is 0. The largest absolute Gasteiger partial charge is 0.446 e. The predicted molar refractivity (Wildman–Crippen MR) is 96.5 cm³/mol. The molecule has 1 amide bonds. The van der Waals surface area contributed by atoms with E-state index in [2.05, 4.69) is 10.3 Å². The van der Waals surface area contributed by atoms with Crippen LogP contribution >= 0.6 is 0 Å². The number of piperidine rings is 1. The average Bonchev–Trinajstić information content (AvgIpc) is 3.26. The van der Waals surface area contributed by atoms with Gasteiger partial charge in [0.15, 0.2) is 12.2 Å². The summed E-state index contributed by atoms with van der Waals surface area (Å²) >= 11 is 0. The molecule has 0 unspecified atom stereocenters. The molecule has 0 saturated carbocycles. The van der Waals surface area contributed by atoms with E-state index in [0.717, 1.165) is 12.8 Å². The molecule has 1 aromatic carbocycles. The quantitative estimate of drug-likeness (QED) is 0.677. The van der Waals surface area contributed by atoms with Crippen molar-refractivity contribution in [1.82, 2.24) is 10.3 Å². The number of hydrogen-bond acceptors (Lipinski definition) is 7. The Morgan fingerprint density at radius 2 is 2.18 bits per heavy atom. The highest BCUT2D eigenvalue weighted by Gasteiger charge is 2.29. The topological polar surface area (TPSA) is 123 Å². The number of benzene rings is 1. The van der Waals surface area contributed by atoms with Crippen molar-refractivity contribution in [3.8, 4) is 6.07 Å². The minimum atomic E-state index is -1.67. The van der Waals surface area contributed by atoms with Crippen molar-refractivity contribution in [2.45, 2.75) is 25.0 Å². The number of anilines is 1. The predicted octanol–water partition coefficient (Wildman–Crippen LogP) is 1.11. The standard InChI is InChI=1S/C19H21FN4O4/c20-14-1-2-15(13(9-14)10-21)24-6-3-12(4-7-24)11-23-18(27)16(25)17(26)19-22-5-8-28-19/h1-2,5,8-9,12,16-17,25-26H,3-4,6-7,11H2,(H,23,27)/t16-,17-/m1/s1. The number of halogens is 1. The van der Waals surface area contributed by atoms with Crippen LogP contribution in [0, 0.1) is 23.1 Å². The minimum Gasteiger partial charge on any atom is -0.446 e.